The van der Waals surface area contributed by atoms with Gasteiger partial charge < -0.3 is 14.4 Å². The first-order valence-corrected chi connectivity index (χ1v) is 8.96. The molecular formula is C18H23NO4S. The molecule has 24 heavy (non-hydrogen) atoms. The second-order valence-electron chi connectivity index (χ2n) is 5.60. The number of carbonyl (C=O) groups is 2. The van der Waals surface area contributed by atoms with Crippen LogP contribution in [0.4, 0.5) is 0 Å². The summed E-state index contributed by atoms with van der Waals surface area (Å²) < 4.78 is 10.4. The zero-order valence-corrected chi connectivity index (χ0v) is 15.3. The molecule has 0 aromatic carbocycles. The summed E-state index contributed by atoms with van der Waals surface area (Å²) >= 11 is 1.50. The van der Waals surface area contributed by atoms with E-state index >= 15 is 0 Å². The summed E-state index contributed by atoms with van der Waals surface area (Å²) in [7, 11) is 0. The van der Waals surface area contributed by atoms with Crippen LogP contribution in [-0.2, 0) is 19.1 Å². The third-order valence-corrected chi connectivity index (χ3v) is 4.58. The molecule has 0 saturated carbocycles. The van der Waals surface area contributed by atoms with Gasteiger partial charge in [0.2, 0.25) is 0 Å². The van der Waals surface area contributed by atoms with Crippen molar-refractivity contribution < 1.29 is 19.1 Å². The van der Waals surface area contributed by atoms with E-state index in [1.807, 2.05) is 36.3 Å². The van der Waals surface area contributed by atoms with Gasteiger partial charge in [-0.3, -0.25) is 0 Å². The molecule has 0 atom stereocenters. The van der Waals surface area contributed by atoms with E-state index in [4.69, 9.17) is 9.47 Å². The number of ether oxygens (including phenoxy) is 2. The van der Waals surface area contributed by atoms with Crippen molar-refractivity contribution in [2.75, 3.05) is 13.2 Å². The molecule has 0 spiro atoms. The lowest BCUT2D eigenvalue weighted by Gasteiger charge is -2.31. The molecule has 0 fully saturated rings. The van der Waals surface area contributed by atoms with Crippen LogP contribution < -0.4 is 0 Å². The molecule has 0 radical (unpaired) electrons. The van der Waals surface area contributed by atoms with Crippen molar-refractivity contribution in [1.82, 2.24) is 4.90 Å². The fourth-order valence-electron chi connectivity index (χ4n) is 2.51. The number of rotatable bonds is 6. The Balaban J connectivity index is 2.52. The lowest BCUT2D eigenvalue weighted by Crippen LogP contribution is -2.31. The van der Waals surface area contributed by atoms with Gasteiger partial charge in [0.15, 0.2) is 0 Å². The van der Waals surface area contributed by atoms with Crippen molar-refractivity contribution >= 4 is 23.3 Å². The summed E-state index contributed by atoms with van der Waals surface area (Å²) in [6.07, 6.45) is 3.55. The minimum absolute atomic E-state index is 0.100. The molecule has 6 heteroatoms. The molecule has 5 nitrogen and oxygen atoms in total. The van der Waals surface area contributed by atoms with E-state index < -0.39 is 17.9 Å². The standard InChI is InChI=1S/C18H23NO4S/c1-5-22-17(20)13-10-19(12(3)4)11-14(18(21)23-6-2)16(13)15-8-7-9-24-15/h7-12,16H,5-6H2,1-4H3. The van der Waals surface area contributed by atoms with E-state index in [2.05, 4.69) is 0 Å². The highest BCUT2D eigenvalue weighted by Crippen LogP contribution is 2.39. The molecule has 1 aromatic heterocycles. The molecule has 0 saturated heterocycles. The SMILES string of the molecule is CCOC(=O)C1=CN(C(C)C)C=C(C(=O)OCC)C1c1cccs1. The highest BCUT2D eigenvalue weighted by atomic mass is 32.1. The first kappa shape index (κ1) is 18.3. The molecule has 0 N–H and O–H groups in total. The second kappa shape index (κ2) is 8.15. The van der Waals surface area contributed by atoms with E-state index in [-0.39, 0.29) is 19.3 Å². The average Bonchev–Trinajstić information content (AvgIpc) is 3.08. The second-order valence-corrected chi connectivity index (χ2v) is 6.58. The highest BCUT2D eigenvalue weighted by Gasteiger charge is 2.36. The zero-order valence-electron chi connectivity index (χ0n) is 14.4. The van der Waals surface area contributed by atoms with Crippen LogP contribution in [0.1, 0.15) is 38.5 Å². The Morgan fingerprint density at radius 1 is 1.12 bits per heavy atom. The van der Waals surface area contributed by atoms with Crippen LogP contribution in [0.15, 0.2) is 41.1 Å². The van der Waals surface area contributed by atoms with E-state index in [0.717, 1.165) is 4.88 Å². The molecule has 0 unspecified atom stereocenters. The Morgan fingerprint density at radius 2 is 1.67 bits per heavy atom. The van der Waals surface area contributed by atoms with Crippen molar-refractivity contribution in [2.45, 2.75) is 39.7 Å². The van der Waals surface area contributed by atoms with Crippen molar-refractivity contribution in [3.63, 3.8) is 0 Å². The maximum Gasteiger partial charge on any atom is 0.336 e. The maximum absolute atomic E-state index is 12.5. The number of hydrogen-bond acceptors (Lipinski definition) is 6. The summed E-state index contributed by atoms with van der Waals surface area (Å²) in [6, 6.07) is 3.92. The predicted molar refractivity (Wildman–Crippen MR) is 93.5 cm³/mol. The molecule has 0 amide bonds. The van der Waals surface area contributed by atoms with Gasteiger partial charge >= 0.3 is 11.9 Å². The Kier molecular flexibility index (Phi) is 6.20. The Labute approximate surface area is 146 Å². The van der Waals surface area contributed by atoms with Crippen LogP contribution in [0.3, 0.4) is 0 Å². The Morgan fingerprint density at radius 3 is 2.04 bits per heavy atom. The first-order chi connectivity index (χ1) is 11.5. The number of nitrogens with zero attached hydrogens (tertiary/aromatic N) is 1. The quantitative estimate of drug-likeness (QED) is 0.736. The monoisotopic (exact) mass is 349 g/mol. The summed E-state index contributed by atoms with van der Waals surface area (Å²) in [5, 5.41) is 1.93. The van der Waals surface area contributed by atoms with Crippen molar-refractivity contribution in [3.05, 3.63) is 45.9 Å². The van der Waals surface area contributed by atoms with E-state index in [0.29, 0.717) is 11.1 Å². The summed E-state index contributed by atoms with van der Waals surface area (Å²) in [4.78, 5) is 27.8. The normalized spacial score (nSPS) is 15.1. The zero-order chi connectivity index (χ0) is 17.7. The highest BCUT2D eigenvalue weighted by molar-refractivity contribution is 7.10. The number of thiophene rings is 1. The maximum atomic E-state index is 12.5. The van der Waals surface area contributed by atoms with Gasteiger partial charge in [-0.1, -0.05) is 6.07 Å². The first-order valence-electron chi connectivity index (χ1n) is 8.08. The van der Waals surface area contributed by atoms with Crippen LogP contribution in [0.2, 0.25) is 0 Å². The molecule has 130 valence electrons. The van der Waals surface area contributed by atoms with E-state index in [9.17, 15) is 9.59 Å². The van der Waals surface area contributed by atoms with Crippen LogP contribution in [-0.4, -0.2) is 36.1 Å². The van der Waals surface area contributed by atoms with Crippen LogP contribution in [0, 0.1) is 0 Å². The predicted octanol–water partition coefficient (Wildman–Crippen LogP) is 3.45. The topological polar surface area (TPSA) is 55.8 Å². The molecule has 0 aliphatic carbocycles. The summed E-state index contributed by atoms with van der Waals surface area (Å²) in [6.45, 7) is 8.09. The fraction of sp³-hybridized carbons (Fsp3) is 0.444. The number of hydrogen-bond donors (Lipinski definition) is 0. The number of carbonyl (C=O) groups excluding carboxylic acids is 2. The van der Waals surface area contributed by atoms with Crippen molar-refractivity contribution in [1.29, 1.82) is 0 Å². The fourth-order valence-corrected chi connectivity index (χ4v) is 3.37. The minimum atomic E-state index is -0.460. The van der Waals surface area contributed by atoms with Gasteiger partial charge in [-0.15, -0.1) is 11.3 Å². The third kappa shape index (κ3) is 3.87. The van der Waals surface area contributed by atoms with Crippen molar-refractivity contribution in [3.8, 4) is 0 Å². The third-order valence-electron chi connectivity index (χ3n) is 3.64. The molecule has 1 aromatic rings. The Bertz CT molecular complexity index is 610. The van der Waals surface area contributed by atoms with Crippen LogP contribution in [0.25, 0.3) is 0 Å². The van der Waals surface area contributed by atoms with Gasteiger partial charge in [0.1, 0.15) is 0 Å². The minimum Gasteiger partial charge on any atom is -0.463 e. The molecule has 2 heterocycles. The van der Waals surface area contributed by atoms with Gasteiger partial charge in [0.05, 0.1) is 30.3 Å². The summed E-state index contributed by atoms with van der Waals surface area (Å²) in [5.41, 5.74) is 0.914. The van der Waals surface area contributed by atoms with Crippen LogP contribution in [0.5, 0.6) is 0 Å². The van der Waals surface area contributed by atoms with E-state index in [1.54, 1.807) is 26.2 Å². The molecule has 0 bridgehead atoms. The van der Waals surface area contributed by atoms with Gasteiger partial charge in [-0.25, -0.2) is 9.59 Å². The Hall–Kier alpha value is -2.08. The summed E-state index contributed by atoms with van der Waals surface area (Å²) in [5.74, 6) is -1.27. The molecule has 2 rings (SSSR count). The lowest BCUT2D eigenvalue weighted by atomic mass is 9.87. The van der Waals surface area contributed by atoms with E-state index in [1.165, 1.54) is 11.3 Å². The van der Waals surface area contributed by atoms with Gasteiger partial charge in [-0.05, 0) is 39.1 Å². The smallest absolute Gasteiger partial charge is 0.336 e. The number of esters is 2. The molecule has 1 aliphatic rings. The lowest BCUT2D eigenvalue weighted by molar-refractivity contribution is -0.139. The van der Waals surface area contributed by atoms with Crippen molar-refractivity contribution in [2.24, 2.45) is 0 Å². The van der Waals surface area contributed by atoms with Crippen LogP contribution >= 0.6 is 11.3 Å². The molecular weight excluding hydrogens is 326 g/mol. The van der Waals surface area contributed by atoms with Gasteiger partial charge in [-0.2, -0.15) is 0 Å². The molecule has 1 aliphatic heterocycles. The average molecular weight is 349 g/mol. The largest absolute Gasteiger partial charge is 0.463 e. The van der Waals surface area contributed by atoms with Gasteiger partial charge in [0, 0.05) is 23.3 Å². The van der Waals surface area contributed by atoms with Gasteiger partial charge in [0.25, 0.3) is 0 Å².